The van der Waals surface area contributed by atoms with Crippen molar-refractivity contribution in [3.8, 4) is 0 Å². The Balaban J connectivity index is 2.30. The standard InChI is InChI=1S/C14H21N3O2S2/c1-3-12-10-17(8-7-16(12)2)21(18,19)13-6-4-5-11(9-13)14(15)20/h4-6,9,12H,3,7-8,10H2,1-2H3,(H2,15,20). The summed E-state index contributed by atoms with van der Waals surface area (Å²) in [5.74, 6) is 0. The lowest BCUT2D eigenvalue weighted by molar-refractivity contribution is 0.144. The Hall–Kier alpha value is -1.02. The van der Waals surface area contributed by atoms with Crippen LogP contribution in [0.15, 0.2) is 29.2 Å². The molecule has 1 atom stereocenters. The summed E-state index contributed by atoms with van der Waals surface area (Å²) in [4.78, 5) is 2.67. The van der Waals surface area contributed by atoms with E-state index in [0.29, 0.717) is 18.7 Å². The summed E-state index contributed by atoms with van der Waals surface area (Å²) in [6.07, 6.45) is 0.926. The van der Waals surface area contributed by atoms with Crippen LogP contribution < -0.4 is 5.73 Å². The highest BCUT2D eigenvalue weighted by molar-refractivity contribution is 7.89. The van der Waals surface area contributed by atoms with Crippen LogP contribution in [0.5, 0.6) is 0 Å². The Kier molecular flexibility index (Phi) is 4.98. The molecular formula is C14H21N3O2S2. The van der Waals surface area contributed by atoms with E-state index >= 15 is 0 Å². The third-order valence-electron chi connectivity index (χ3n) is 3.97. The first-order valence-corrected chi connectivity index (χ1v) is 8.81. The summed E-state index contributed by atoms with van der Waals surface area (Å²) in [5, 5.41) is 0. The first-order chi connectivity index (χ1) is 9.86. The van der Waals surface area contributed by atoms with Crippen molar-refractivity contribution in [2.45, 2.75) is 24.3 Å². The summed E-state index contributed by atoms with van der Waals surface area (Å²) >= 11 is 4.92. The number of thiocarbonyl (C=S) groups is 1. The van der Waals surface area contributed by atoms with Crippen LogP contribution in [0.4, 0.5) is 0 Å². The smallest absolute Gasteiger partial charge is 0.243 e. The van der Waals surface area contributed by atoms with E-state index in [9.17, 15) is 8.42 Å². The third kappa shape index (κ3) is 3.42. The van der Waals surface area contributed by atoms with E-state index in [2.05, 4.69) is 11.8 Å². The first-order valence-electron chi connectivity index (χ1n) is 6.96. The highest BCUT2D eigenvalue weighted by Crippen LogP contribution is 2.21. The van der Waals surface area contributed by atoms with Gasteiger partial charge >= 0.3 is 0 Å². The molecule has 1 saturated heterocycles. The van der Waals surface area contributed by atoms with E-state index in [-0.39, 0.29) is 15.9 Å². The van der Waals surface area contributed by atoms with Crippen molar-refractivity contribution in [3.05, 3.63) is 29.8 Å². The molecule has 0 saturated carbocycles. The molecule has 2 rings (SSSR count). The van der Waals surface area contributed by atoms with Gasteiger partial charge < -0.3 is 10.6 Å². The lowest BCUT2D eigenvalue weighted by atomic mass is 10.1. The van der Waals surface area contributed by atoms with Crippen molar-refractivity contribution in [1.82, 2.24) is 9.21 Å². The summed E-state index contributed by atoms with van der Waals surface area (Å²) < 4.78 is 27.1. The Labute approximate surface area is 131 Å². The predicted molar refractivity (Wildman–Crippen MR) is 87.8 cm³/mol. The average molecular weight is 327 g/mol. The Bertz CT molecular complexity index is 631. The molecule has 0 spiro atoms. The molecule has 1 aromatic carbocycles. The monoisotopic (exact) mass is 327 g/mol. The number of nitrogens with two attached hydrogens (primary N) is 1. The molecule has 1 unspecified atom stereocenters. The van der Waals surface area contributed by atoms with Gasteiger partial charge in [-0.05, 0) is 25.6 Å². The van der Waals surface area contributed by atoms with Gasteiger partial charge in [0.2, 0.25) is 10.0 Å². The van der Waals surface area contributed by atoms with Crippen LogP contribution >= 0.6 is 12.2 Å². The van der Waals surface area contributed by atoms with Gasteiger partial charge in [0, 0.05) is 31.2 Å². The van der Waals surface area contributed by atoms with Crippen LogP contribution in [0.25, 0.3) is 0 Å². The third-order valence-corrected chi connectivity index (χ3v) is 6.06. The number of sulfonamides is 1. The second-order valence-corrected chi connectivity index (χ2v) is 7.68. The van der Waals surface area contributed by atoms with E-state index in [4.69, 9.17) is 18.0 Å². The van der Waals surface area contributed by atoms with Gasteiger partial charge in [-0.1, -0.05) is 31.3 Å². The van der Waals surface area contributed by atoms with Crippen LogP contribution in [-0.4, -0.2) is 55.3 Å². The maximum atomic E-state index is 12.8. The molecule has 21 heavy (non-hydrogen) atoms. The molecule has 1 aliphatic heterocycles. The van der Waals surface area contributed by atoms with Crippen molar-refractivity contribution in [1.29, 1.82) is 0 Å². The van der Waals surface area contributed by atoms with E-state index in [1.54, 1.807) is 28.6 Å². The number of piperazine rings is 1. The Morgan fingerprint density at radius 1 is 1.43 bits per heavy atom. The summed E-state index contributed by atoms with van der Waals surface area (Å²) in [6, 6.07) is 6.80. The highest BCUT2D eigenvalue weighted by atomic mass is 32.2. The number of likely N-dealkylation sites (N-methyl/N-ethyl adjacent to an activating group) is 1. The molecule has 1 fully saturated rings. The molecule has 0 aromatic heterocycles. The van der Waals surface area contributed by atoms with Crippen LogP contribution in [0.2, 0.25) is 0 Å². The Morgan fingerprint density at radius 3 is 2.76 bits per heavy atom. The fraction of sp³-hybridized carbons (Fsp3) is 0.500. The number of hydrogen-bond acceptors (Lipinski definition) is 4. The van der Waals surface area contributed by atoms with E-state index in [1.165, 1.54) is 0 Å². The molecular weight excluding hydrogens is 306 g/mol. The molecule has 1 aromatic rings. The molecule has 7 heteroatoms. The molecule has 1 aliphatic rings. The second kappa shape index (κ2) is 6.39. The number of nitrogens with zero attached hydrogens (tertiary/aromatic N) is 2. The first kappa shape index (κ1) is 16.4. The molecule has 0 bridgehead atoms. The molecule has 0 amide bonds. The molecule has 1 heterocycles. The van der Waals surface area contributed by atoms with Crippen LogP contribution in [0.3, 0.4) is 0 Å². The topological polar surface area (TPSA) is 66.6 Å². The van der Waals surface area contributed by atoms with Crippen molar-refractivity contribution >= 4 is 27.2 Å². The zero-order valence-corrected chi connectivity index (χ0v) is 14.0. The lowest BCUT2D eigenvalue weighted by Gasteiger charge is -2.38. The van der Waals surface area contributed by atoms with Crippen LogP contribution in [-0.2, 0) is 10.0 Å². The van der Waals surface area contributed by atoms with Gasteiger partial charge in [-0.3, -0.25) is 0 Å². The van der Waals surface area contributed by atoms with Gasteiger partial charge in [0.1, 0.15) is 4.99 Å². The lowest BCUT2D eigenvalue weighted by Crippen LogP contribution is -2.52. The fourth-order valence-corrected chi connectivity index (χ4v) is 4.18. The number of benzene rings is 1. The van der Waals surface area contributed by atoms with Crippen LogP contribution in [0.1, 0.15) is 18.9 Å². The fourth-order valence-electron chi connectivity index (χ4n) is 2.54. The van der Waals surface area contributed by atoms with E-state index in [1.807, 2.05) is 7.05 Å². The van der Waals surface area contributed by atoms with Crippen molar-refractivity contribution < 1.29 is 8.42 Å². The van der Waals surface area contributed by atoms with Gasteiger partial charge in [-0.15, -0.1) is 0 Å². The van der Waals surface area contributed by atoms with Gasteiger partial charge in [-0.25, -0.2) is 8.42 Å². The van der Waals surface area contributed by atoms with E-state index in [0.717, 1.165) is 13.0 Å². The summed E-state index contributed by atoms with van der Waals surface area (Å²) in [5.41, 5.74) is 6.16. The maximum Gasteiger partial charge on any atom is 0.243 e. The van der Waals surface area contributed by atoms with Crippen molar-refractivity contribution in [3.63, 3.8) is 0 Å². The second-order valence-electron chi connectivity index (χ2n) is 5.30. The van der Waals surface area contributed by atoms with Crippen molar-refractivity contribution in [2.24, 2.45) is 5.73 Å². The minimum absolute atomic E-state index is 0.205. The van der Waals surface area contributed by atoms with E-state index < -0.39 is 10.0 Å². The quantitative estimate of drug-likeness (QED) is 0.837. The SMILES string of the molecule is CCC1CN(S(=O)(=O)c2cccc(C(N)=S)c2)CCN1C. The average Bonchev–Trinajstić information content (AvgIpc) is 2.47. The summed E-state index contributed by atoms with van der Waals surface area (Å²) in [6.45, 7) is 3.84. The van der Waals surface area contributed by atoms with Gasteiger partial charge in [-0.2, -0.15) is 4.31 Å². The molecule has 116 valence electrons. The molecule has 5 nitrogen and oxygen atoms in total. The maximum absolute atomic E-state index is 12.8. The molecule has 0 radical (unpaired) electrons. The zero-order valence-electron chi connectivity index (χ0n) is 12.3. The van der Waals surface area contributed by atoms with Gasteiger partial charge in [0.15, 0.2) is 0 Å². The van der Waals surface area contributed by atoms with Gasteiger partial charge in [0.25, 0.3) is 0 Å². The Morgan fingerprint density at radius 2 is 2.14 bits per heavy atom. The summed E-state index contributed by atoms with van der Waals surface area (Å²) in [7, 11) is -1.46. The van der Waals surface area contributed by atoms with Crippen LogP contribution in [0, 0.1) is 0 Å². The minimum Gasteiger partial charge on any atom is -0.389 e. The number of rotatable bonds is 4. The normalized spacial score (nSPS) is 21.3. The molecule has 0 aliphatic carbocycles. The zero-order chi connectivity index (χ0) is 15.6. The minimum atomic E-state index is -3.49. The number of hydrogen-bond donors (Lipinski definition) is 1. The predicted octanol–water partition coefficient (Wildman–Crippen LogP) is 1.04. The van der Waals surface area contributed by atoms with Gasteiger partial charge in [0.05, 0.1) is 4.90 Å². The van der Waals surface area contributed by atoms with Crippen molar-refractivity contribution in [2.75, 3.05) is 26.7 Å². The molecule has 2 N–H and O–H groups in total. The highest BCUT2D eigenvalue weighted by Gasteiger charge is 2.32. The largest absolute Gasteiger partial charge is 0.389 e.